The van der Waals surface area contributed by atoms with Crippen molar-refractivity contribution in [3.63, 3.8) is 0 Å². The number of hydrogen-bond donors (Lipinski definition) is 0. The number of likely N-dealkylation sites (tertiary alicyclic amines) is 1. The molecule has 8 nitrogen and oxygen atoms in total. The number of hydrogen-bond acceptors (Lipinski definition) is 6. The lowest BCUT2D eigenvalue weighted by Gasteiger charge is -2.31. The number of aromatic nitrogens is 6. The van der Waals surface area contributed by atoms with Gasteiger partial charge >= 0.3 is 0 Å². The molecule has 0 aliphatic carbocycles. The van der Waals surface area contributed by atoms with Gasteiger partial charge in [0, 0.05) is 18.3 Å². The number of fused-ring (bicyclic) bond motifs is 1. The molecule has 0 atom stereocenters. The van der Waals surface area contributed by atoms with Gasteiger partial charge in [0.1, 0.15) is 0 Å². The fourth-order valence-corrected chi connectivity index (χ4v) is 3.52. The quantitative estimate of drug-likeness (QED) is 0.701. The highest BCUT2D eigenvalue weighted by atomic mass is 16.1. The third-order valence-corrected chi connectivity index (χ3v) is 5.06. The predicted molar refractivity (Wildman–Crippen MR) is 96.8 cm³/mol. The van der Waals surface area contributed by atoms with Gasteiger partial charge in [-0.2, -0.15) is 9.61 Å². The molecule has 3 aromatic heterocycles. The standard InChI is InChI=1S/C18H23N7O/c1-13-9-19-12-24(18(13)26)10-15-5-7-23(8-6-15)11-17-21-20-16-4-3-14(2)22-25(16)17/h3-4,9,12,15H,5-8,10-11H2,1-2H3. The molecular weight excluding hydrogens is 330 g/mol. The molecule has 1 aliphatic rings. The van der Waals surface area contributed by atoms with E-state index in [-0.39, 0.29) is 5.56 Å². The van der Waals surface area contributed by atoms with Gasteiger partial charge in [0.25, 0.3) is 5.56 Å². The molecule has 1 saturated heterocycles. The first-order valence-electron chi connectivity index (χ1n) is 9.01. The van der Waals surface area contributed by atoms with Gasteiger partial charge in [-0.1, -0.05) is 0 Å². The van der Waals surface area contributed by atoms with Gasteiger partial charge in [-0.05, 0) is 57.8 Å². The van der Waals surface area contributed by atoms with E-state index < -0.39 is 0 Å². The number of aryl methyl sites for hydroxylation is 2. The highest BCUT2D eigenvalue weighted by Gasteiger charge is 2.21. The Kier molecular flexibility index (Phi) is 4.50. The Morgan fingerprint density at radius 3 is 2.77 bits per heavy atom. The second kappa shape index (κ2) is 6.95. The van der Waals surface area contributed by atoms with Crippen molar-refractivity contribution in [3.05, 3.63) is 52.1 Å². The normalized spacial score (nSPS) is 16.4. The molecule has 0 saturated carbocycles. The van der Waals surface area contributed by atoms with Crippen LogP contribution in [0.2, 0.25) is 0 Å². The molecule has 0 unspecified atom stereocenters. The summed E-state index contributed by atoms with van der Waals surface area (Å²) in [5, 5.41) is 13.0. The van der Waals surface area contributed by atoms with E-state index in [0.717, 1.165) is 56.2 Å². The van der Waals surface area contributed by atoms with Crippen LogP contribution >= 0.6 is 0 Å². The molecule has 8 heteroatoms. The molecule has 0 bridgehead atoms. The van der Waals surface area contributed by atoms with E-state index in [1.165, 1.54) is 0 Å². The largest absolute Gasteiger partial charge is 0.299 e. The van der Waals surface area contributed by atoms with E-state index in [2.05, 4.69) is 25.2 Å². The fraction of sp³-hybridized carbons (Fsp3) is 0.500. The summed E-state index contributed by atoms with van der Waals surface area (Å²) >= 11 is 0. The van der Waals surface area contributed by atoms with Crippen LogP contribution in [0.15, 0.2) is 29.5 Å². The van der Waals surface area contributed by atoms with E-state index in [4.69, 9.17) is 0 Å². The molecule has 0 amide bonds. The van der Waals surface area contributed by atoms with Crippen molar-refractivity contribution in [2.75, 3.05) is 13.1 Å². The summed E-state index contributed by atoms with van der Waals surface area (Å²) in [5.74, 6) is 1.38. The molecule has 0 N–H and O–H groups in total. The van der Waals surface area contributed by atoms with Crippen molar-refractivity contribution in [1.29, 1.82) is 0 Å². The molecule has 0 spiro atoms. The first-order chi connectivity index (χ1) is 12.6. The Bertz CT molecular complexity index is 969. The summed E-state index contributed by atoms with van der Waals surface area (Å²) in [6.45, 7) is 7.24. The van der Waals surface area contributed by atoms with Crippen LogP contribution in [0.4, 0.5) is 0 Å². The summed E-state index contributed by atoms with van der Waals surface area (Å²) in [7, 11) is 0. The Hall–Kier alpha value is -2.61. The zero-order valence-corrected chi connectivity index (χ0v) is 15.2. The van der Waals surface area contributed by atoms with Gasteiger partial charge in [0.2, 0.25) is 0 Å². The summed E-state index contributed by atoms with van der Waals surface area (Å²) in [4.78, 5) is 18.7. The highest BCUT2D eigenvalue weighted by molar-refractivity contribution is 5.35. The van der Waals surface area contributed by atoms with Crippen molar-refractivity contribution >= 4 is 5.65 Å². The third kappa shape index (κ3) is 3.37. The second-order valence-corrected chi connectivity index (χ2v) is 7.11. The number of nitrogens with zero attached hydrogens (tertiary/aromatic N) is 7. The smallest absolute Gasteiger partial charge is 0.256 e. The monoisotopic (exact) mass is 353 g/mol. The van der Waals surface area contributed by atoms with E-state index in [0.29, 0.717) is 11.5 Å². The Balaban J connectivity index is 1.38. The van der Waals surface area contributed by atoms with Crippen LogP contribution in [0.3, 0.4) is 0 Å². The summed E-state index contributed by atoms with van der Waals surface area (Å²) in [5.41, 5.74) is 2.51. The SMILES string of the molecule is Cc1ccc2nnc(CN3CCC(Cn4cncc(C)c4=O)CC3)n2n1. The molecule has 0 radical (unpaired) electrons. The fourth-order valence-electron chi connectivity index (χ4n) is 3.52. The maximum absolute atomic E-state index is 12.2. The van der Waals surface area contributed by atoms with Crippen LogP contribution in [0.25, 0.3) is 5.65 Å². The maximum Gasteiger partial charge on any atom is 0.256 e. The molecule has 4 heterocycles. The molecule has 136 valence electrons. The topological polar surface area (TPSA) is 81.2 Å². The predicted octanol–water partition coefficient (Wildman–Crippen LogP) is 1.21. The van der Waals surface area contributed by atoms with E-state index >= 15 is 0 Å². The van der Waals surface area contributed by atoms with Crippen LogP contribution in [0, 0.1) is 19.8 Å². The lowest BCUT2D eigenvalue weighted by Crippen LogP contribution is -2.36. The van der Waals surface area contributed by atoms with E-state index in [1.807, 2.05) is 30.5 Å². The lowest BCUT2D eigenvalue weighted by atomic mass is 9.96. The Labute approximate surface area is 151 Å². The highest BCUT2D eigenvalue weighted by Crippen LogP contribution is 2.20. The van der Waals surface area contributed by atoms with Crippen LogP contribution in [0.1, 0.15) is 29.9 Å². The van der Waals surface area contributed by atoms with Crippen molar-refractivity contribution in [1.82, 2.24) is 34.3 Å². The van der Waals surface area contributed by atoms with Gasteiger partial charge < -0.3 is 0 Å². The first kappa shape index (κ1) is 16.8. The lowest BCUT2D eigenvalue weighted by molar-refractivity contribution is 0.162. The van der Waals surface area contributed by atoms with Gasteiger partial charge in [-0.25, -0.2) is 4.98 Å². The van der Waals surface area contributed by atoms with Crippen LogP contribution in [-0.4, -0.2) is 47.4 Å². The Morgan fingerprint density at radius 1 is 1.15 bits per heavy atom. The maximum atomic E-state index is 12.2. The van der Waals surface area contributed by atoms with Crippen molar-refractivity contribution < 1.29 is 0 Å². The van der Waals surface area contributed by atoms with Gasteiger partial charge in [0.05, 0.1) is 18.6 Å². The molecule has 3 aromatic rings. The van der Waals surface area contributed by atoms with Gasteiger partial charge in [0.15, 0.2) is 11.5 Å². The van der Waals surface area contributed by atoms with Crippen LogP contribution in [0.5, 0.6) is 0 Å². The zero-order valence-electron chi connectivity index (χ0n) is 15.2. The summed E-state index contributed by atoms with van der Waals surface area (Å²) in [6.07, 6.45) is 5.39. The molecular formula is C18H23N7O. The second-order valence-electron chi connectivity index (χ2n) is 7.11. The summed E-state index contributed by atoms with van der Waals surface area (Å²) in [6, 6.07) is 3.89. The Morgan fingerprint density at radius 2 is 1.96 bits per heavy atom. The minimum absolute atomic E-state index is 0.0683. The van der Waals surface area contributed by atoms with Gasteiger partial charge in [-0.15, -0.1) is 10.2 Å². The minimum Gasteiger partial charge on any atom is -0.299 e. The van der Waals surface area contributed by atoms with E-state index in [9.17, 15) is 4.79 Å². The number of rotatable bonds is 4. The minimum atomic E-state index is 0.0683. The van der Waals surface area contributed by atoms with Crippen molar-refractivity contribution in [3.8, 4) is 0 Å². The molecule has 26 heavy (non-hydrogen) atoms. The first-order valence-corrected chi connectivity index (χ1v) is 9.01. The zero-order chi connectivity index (χ0) is 18.1. The summed E-state index contributed by atoms with van der Waals surface area (Å²) < 4.78 is 3.58. The third-order valence-electron chi connectivity index (χ3n) is 5.06. The van der Waals surface area contributed by atoms with Crippen molar-refractivity contribution in [2.45, 2.75) is 39.8 Å². The van der Waals surface area contributed by atoms with Crippen LogP contribution in [-0.2, 0) is 13.1 Å². The van der Waals surface area contributed by atoms with Crippen molar-refractivity contribution in [2.24, 2.45) is 5.92 Å². The number of piperidine rings is 1. The average Bonchev–Trinajstić information content (AvgIpc) is 3.03. The van der Waals surface area contributed by atoms with E-state index in [1.54, 1.807) is 17.1 Å². The molecule has 1 aliphatic heterocycles. The average molecular weight is 353 g/mol. The molecule has 4 rings (SSSR count). The molecule has 0 aromatic carbocycles. The molecule has 1 fully saturated rings. The van der Waals surface area contributed by atoms with Gasteiger partial charge in [-0.3, -0.25) is 14.3 Å². The van der Waals surface area contributed by atoms with Crippen LogP contribution < -0.4 is 5.56 Å².